The van der Waals surface area contributed by atoms with Crippen LogP contribution in [0.25, 0.3) is 0 Å². The van der Waals surface area contributed by atoms with Crippen LogP contribution in [0.2, 0.25) is 0 Å². The van der Waals surface area contributed by atoms with E-state index in [-0.39, 0.29) is 34.2 Å². The Balaban J connectivity index is 2.21. The molecule has 1 aliphatic rings. The summed E-state index contributed by atoms with van der Waals surface area (Å²) in [6.07, 6.45) is 3.53. The maximum atomic E-state index is 13.9. The Kier molecular flexibility index (Phi) is 8.88. The molecule has 0 bridgehead atoms. The van der Waals surface area contributed by atoms with Gasteiger partial charge in [0.15, 0.2) is 11.6 Å². The Labute approximate surface area is 210 Å². The molecule has 1 aromatic carbocycles. The van der Waals surface area contributed by atoms with Gasteiger partial charge in [-0.2, -0.15) is 18.0 Å². The van der Waals surface area contributed by atoms with Crippen LogP contribution >= 0.6 is 11.8 Å². The Morgan fingerprint density at radius 3 is 2.46 bits per heavy atom. The van der Waals surface area contributed by atoms with Gasteiger partial charge in [0, 0.05) is 19.4 Å². The minimum absolute atomic E-state index is 0.144. The summed E-state index contributed by atoms with van der Waals surface area (Å²) >= 11 is 1.17. The van der Waals surface area contributed by atoms with Gasteiger partial charge in [0.1, 0.15) is 11.1 Å². The van der Waals surface area contributed by atoms with Gasteiger partial charge >= 0.3 is 10.2 Å². The first-order chi connectivity index (χ1) is 16.8. The van der Waals surface area contributed by atoms with Crippen LogP contribution in [0.5, 0.6) is 0 Å². The van der Waals surface area contributed by atoms with E-state index in [1.165, 1.54) is 24.9 Å². The molecule has 186 valence electrons. The van der Waals surface area contributed by atoms with Gasteiger partial charge in [-0.3, -0.25) is 13.9 Å². The van der Waals surface area contributed by atoms with Gasteiger partial charge in [-0.15, -0.1) is 11.8 Å². The van der Waals surface area contributed by atoms with E-state index in [9.17, 15) is 23.3 Å². The second-order valence-corrected chi connectivity index (χ2v) is 10.7. The monoisotopic (exact) mass is 515 g/mol. The fraction of sp³-hybridized carbons (Fsp3) is 0.417. The van der Waals surface area contributed by atoms with E-state index in [1.807, 2.05) is 13.0 Å². The highest BCUT2D eigenvalue weighted by Crippen LogP contribution is 2.33. The van der Waals surface area contributed by atoms with Crippen molar-refractivity contribution in [3.8, 4) is 6.07 Å². The van der Waals surface area contributed by atoms with E-state index in [0.717, 1.165) is 4.31 Å². The van der Waals surface area contributed by atoms with Crippen molar-refractivity contribution in [2.75, 3.05) is 35.0 Å². The van der Waals surface area contributed by atoms with Crippen LogP contribution in [0, 0.1) is 17.2 Å². The standard InChI is InChI=1S/C24H29N5O4S2/c1-4-8-21(30)20-15-18(16-25)22(27-23(20)34-3)29(24(31)17-11-13-26-14-12-17)35(32,33)28(2)19-9-6-5-7-10-19/h5-7,9-10,15,17,26H,4,8,11-14H2,1-3H3. The predicted octanol–water partition coefficient (Wildman–Crippen LogP) is 3.37. The summed E-state index contributed by atoms with van der Waals surface area (Å²) in [6, 6.07) is 11.7. The zero-order valence-corrected chi connectivity index (χ0v) is 21.7. The van der Waals surface area contributed by atoms with Crippen LogP contribution < -0.4 is 13.9 Å². The molecule has 1 N–H and O–H groups in total. The second kappa shape index (κ2) is 11.7. The molecular formula is C24H29N5O4S2. The fourth-order valence-corrected chi connectivity index (χ4v) is 5.83. The number of benzene rings is 1. The average Bonchev–Trinajstić information content (AvgIpc) is 2.88. The molecular weight excluding hydrogens is 486 g/mol. The number of nitrogens with zero attached hydrogens (tertiary/aromatic N) is 4. The van der Waals surface area contributed by atoms with Crippen molar-refractivity contribution in [2.45, 2.75) is 37.6 Å². The number of carbonyl (C=O) groups excluding carboxylic acids is 2. The Morgan fingerprint density at radius 1 is 1.23 bits per heavy atom. The number of amides is 1. The number of rotatable bonds is 9. The lowest BCUT2D eigenvalue weighted by Crippen LogP contribution is -2.50. The predicted molar refractivity (Wildman–Crippen MR) is 137 cm³/mol. The molecule has 11 heteroatoms. The van der Waals surface area contributed by atoms with Crippen molar-refractivity contribution in [1.29, 1.82) is 5.26 Å². The Morgan fingerprint density at radius 2 is 1.89 bits per heavy atom. The van der Waals surface area contributed by atoms with Gasteiger partial charge in [-0.05, 0) is 56.8 Å². The molecule has 0 aliphatic carbocycles. The third-order valence-electron chi connectivity index (χ3n) is 5.84. The zero-order valence-electron chi connectivity index (χ0n) is 20.0. The number of thioether (sulfide) groups is 1. The van der Waals surface area contributed by atoms with Crippen LogP contribution in [0.3, 0.4) is 0 Å². The smallest absolute Gasteiger partial charge is 0.317 e. The van der Waals surface area contributed by atoms with Crippen LogP contribution in [-0.4, -0.2) is 51.5 Å². The molecule has 1 amide bonds. The van der Waals surface area contributed by atoms with Crippen LogP contribution in [-0.2, 0) is 15.0 Å². The lowest BCUT2D eigenvalue weighted by atomic mass is 9.97. The number of nitrogens with one attached hydrogen (secondary N) is 1. The van der Waals surface area contributed by atoms with Gasteiger partial charge in [0.25, 0.3) is 0 Å². The highest BCUT2D eigenvalue weighted by molar-refractivity contribution is 7.98. The summed E-state index contributed by atoms with van der Waals surface area (Å²) < 4.78 is 29.5. The van der Waals surface area contributed by atoms with E-state index in [1.54, 1.807) is 36.6 Å². The number of pyridine rings is 1. The second-order valence-electron chi connectivity index (χ2n) is 8.14. The third kappa shape index (κ3) is 5.66. The maximum absolute atomic E-state index is 13.9. The van der Waals surface area contributed by atoms with E-state index >= 15 is 0 Å². The van der Waals surface area contributed by atoms with Crippen molar-refractivity contribution in [2.24, 2.45) is 5.92 Å². The van der Waals surface area contributed by atoms with Gasteiger partial charge in [-0.1, -0.05) is 25.1 Å². The number of ketones is 1. The molecule has 9 nitrogen and oxygen atoms in total. The molecule has 2 aromatic rings. The molecule has 2 heterocycles. The summed E-state index contributed by atoms with van der Waals surface area (Å²) in [4.78, 5) is 30.8. The number of hydrogen-bond donors (Lipinski definition) is 1. The van der Waals surface area contributed by atoms with Crippen LogP contribution in [0.4, 0.5) is 11.5 Å². The van der Waals surface area contributed by atoms with Crippen LogP contribution in [0.1, 0.15) is 48.5 Å². The number of para-hydroxylation sites is 1. The molecule has 0 saturated carbocycles. The fourth-order valence-electron chi connectivity index (χ4n) is 3.90. The van der Waals surface area contributed by atoms with Crippen molar-refractivity contribution >= 4 is 45.2 Å². The average molecular weight is 516 g/mol. The molecule has 0 atom stereocenters. The topological polar surface area (TPSA) is 123 Å². The lowest BCUT2D eigenvalue weighted by Gasteiger charge is -2.32. The van der Waals surface area contributed by atoms with E-state index in [4.69, 9.17) is 0 Å². The summed E-state index contributed by atoms with van der Waals surface area (Å²) in [7, 11) is -3.11. The molecule has 1 saturated heterocycles. The summed E-state index contributed by atoms with van der Waals surface area (Å²) in [5.74, 6) is -1.66. The molecule has 1 aromatic heterocycles. The largest absolute Gasteiger partial charge is 0.334 e. The lowest BCUT2D eigenvalue weighted by molar-refractivity contribution is -0.121. The quantitative estimate of drug-likeness (QED) is 0.398. The first-order valence-electron chi connectivity index (χ1n) is 11.4. The molecule has 35 heavy (non-hydrogen) atoms. The Bertz CT molecular complexity index is 1220. The van der Waals surface area contributed by atoms with Crippen LogP contribution in [0.15, 0.2) is 41.4 Å². The summed E-state index contributed by atoms with van der Waals surface area (Å²) in [5, 5.41) is 13.4. The Hall–Kier alpha value is -2.94. The van der Waals surface area contributed by atoms with Gasteiger partial charge in [0.05, 0.1) is 16.8 Å². The molecule has 3 rings (SSSR count). The van der Waals surface area contributed by atoms with Gasteiger partial charge in [0.2, 0.25) is 5.91 Å². The minimum Gasteiger partial charge on any atom is -0.317 e. The number of carbonyl (C=O) groups is 2. The van der Waals surface area contributed by atoms with Crippen molar-refractivity contribution in [3.63, 3.8) is 0 Å². The molecule has 0 spiro atoms. The highest BCUT2D eigenvalue weighted by Gasteiger charge is 2.40. The number of nitriles is 1. The van der Waals surface area contributed by atoms with Crippen molar-refractivity contribution in [3.05, 3.63) is 47.5 Å². The number of aromatic nitrogens is 1. The SMILES string of the molecule is CCCC(=O)c1cc(C#N)c(N(C(=O)C2CCNCC2)S(=O)(=O)N(C)c2ccccc2)nc1SC. The number of anilines is 2. The summed E-state index contributed by atoms with van der Waals surface area (Å²) in [6.45, 7) is 3.03. The minimum atomic E-state index is -4.47. The van der Waals surface area contributed by atoms with Crippen molar-refractivity contribution < 1.29 is 18.0 Å². The van der Waals surface area contributed by atoms with Crippen molar-refractivity contribution in [1.82, 2.24) is 10.3 Å². The first kappa shape index (κ1) is 26.7. The maximum Gasteiger partial charge on any atom is 0.334 e. The molecule has 1 fully saturated rings. The van der Waals surface area contributed by atoms with Gasteiger partial charge in [-0.25, -0.2) is 4.98 Å². The highest BCUT2D eigenvalue weighted by atomic mass is 32.2. The summed E-state index contributed by atoms with van der Waals surface area (Å²) in [5.41, 5.74) is 0.464. The molecule has 1 aliphatic heterocycles. The zero-order chi connectivity index (χ0) is 25.6. The molecule has 0 radical (unpaired) electrons. The number of Topliss-reactive ketones (excluding diaryl/α,β-unsaturated/α-hetero) is 1. The number of piperidine rings is 1. The normalized spacial score (nSPS) is 14.2. The first-order valence-corrected chi connectivity index (χ1v) is 14.0. The molecule has 0 unspecified atom stereocenters. The third-order valence-corrected chi connectivity index (χ3v) is 8.25. The van der Waals surface area contributed by atoms with Gasteiger partial charge < -0.3 is 5.32 Å². The number of hydrogen-bond acceptors (Lipinski definition) is 8. The van der Waals surface area contributed by atoms with E-state index in [2.05, 4.69) is 10.3 Å². The van der Waals surface area contributed by atoms with E-state index in [0.29, 0.717) is 42.3 Å². The van der Waals surface area contributed by atoms with E-state index < -0.39 is 22.0 Å².